The number of aromatic carboxylic acids is 1. The normalized spacial score (nSPS) is 10.3. The summed E-state index contributed by atoms with van der Waals surface area (Å²) in [6, 6.07) is 4.89. The van der Waals surface area contributed by atoms with E-state index in [1.807, 2.05) is 0 Å². The van der Waals surface area contributed by atoms with Gasteiger partial charge < -0.3 is 5.11 Å². The van der Waals surface area contributed by atoms with Crippen molar-refractivity contribution in [3.8, 4) is 0 Å². The lowest BCUT2D eigenvalue weighted by atomic mass is 10.2. The zero-order valence-electron chi connectivity index (χ0n) is 7.85. The minimum absolute atomic E-state index is 0.0746. The van der Waals surface area contributed by atoms with Crippen LogP contribution in [0.15, 0.2) is 34.6 Å². The lowest BCUT2D eigenvalue weighted by Gasteiger charge is -2.04. The van der Waals surface area contributed by atoms with Crippen LogP contribution in [0, 0.1) is 0 Å². The third kappa shape index (κ3) is 2.17. The summed E-state index contributed by atoms with van der Waals surface area (Å²) in [6.45, 7) is 0. The zero-order valence-corrected chi connectivity index (χ0v) is 9.42. The molecule has 5 nitrogen and oxygen atoms in total. The molecule has 2 N–H and O–H groups in total. The minimum atomic E-state index is -1.06. The van der Waals surface area contributed by atoms with Crippen LogP contribution < -0.4 is 0 Å². The van der Waals surface area contributed by atoms with E-state index >= 15 is 0 Å². The number of carboxylic acids is 1. The molecule has 0 aliphatic carbocycles. The van der Waals surface area contributed by atoms with Gasteiger partial charge in [0.2, 0.25) is 0 Å². The number of carbonyl (C=O) groups is 1. The van der Waals surface area contributed by atoms with Crippen LogP contribution in [0.4, 0.5) is 0 Å². The number of hydrogen-bond acceptors (Lipinski definition) is 4. The second-order valence-corrected chi connectivity index (χ2v) is 4.25. The van der Waals surface area contributed by atoms with E-state index in [1.165, 1.54) is 24.2 Å². The summed E-state index contributed by atoms with van der Waals surface area (Å²) in [5.74, 6) is -1.06. The van der Waals surface area contributed by atoms with Crippen molar-refractivity contribution in [2.45, 2.75) is 10.1 Å². The van der Waals surface area contributed by atoms with Crippen LogP contribution in [0.25, 0.3) is 0 Å². The average molecular weight is 256 g/mol. The van der Waals surface area contributed by atoms with Crippen molar-refractivity contribution in [3.05, 3.63) is 35.1 Å². The molecule has 0 saturated heterocycles. The van der Waals surface area contributed by atoms with E-state index < -0.39 is 5.97 Å². The first-order valence-corrected chi connectivity index (χ1v) is 5.43. The predicted octanol–water partition coefficient (Wildman–Crippen LogP) is 2.31. The first-order valence-electron chi connectivity index (χ1n) is 4.23. The molecule has 7 heteroatoms. The van der Waals surface area contributed by atoms with E-state index in [1.54, 1.807) is 12.1 Å². The maximum Gasteiger partial charge on any atom is 0.338 e. The van der Waals surface area contributed by atoms with Gasteiger partial charge in [-0.25, -0.2) is 9.78 Å². The van der Waals surface area contributed by atoms with Crippen molar-refractivity contribution in [1.82, 2.24) is 15.2 Å². The van der Waals surface area contributed by atoms with Gasteiger partial charge >= 0.3 is 5.97 Å². The summed E-state index contributed by atoms with van der Waals surface area (Å²) in [4.78, 5) is 15.5. The fourth-order valence-corrected chi connectivity index (χ4v) is 2.31. The smallest absolute Gasteiger partial charge is 0.338 e. The van der Waals surface area contributed by atoms with Crippen LogP contribution in [0.2, 0.25) is 5.02 Å². The van der Waals surface area contributed by atoms with Crippen molar-refractivity contribution in [1.29, 1.82) is 0 Å². The summed E-state index contributed by atoms with van der Waals surface area (Å²) in [7, 11) is 0. The largest absolute Gasteiger partial charge is 0.478 e. The second kappa shape index (κ2) is 4.54. The van der Waals surface area contributed by atoms with Gasteiger partial charge in [-0.05, 0) is 23.9 Å². The number of aromatic amines is 1. The lowest BCUT2D eigenvalue weighted by molar-refractivity contribution is 0.0693. The van der Waals surface area contributed by atoms with Crippen LogP contribution in [0.1, 0.15) is 10.4 Å². The average Bonchev–Trinajstić information content (AvgIpc) is 2.70. The number of nitrogens with zero attached hydrogens (tertiary/aromatic N) is 2. The maximum absolute atomic E-state index is 11.0. The molecule has 0 radical (unpaired) electrons. The van der Waals surface area contributed by atoms with Crippen molar-refractivity contribution in [3.63, 3.8) is 0 Å². The number of hydrogen-bond donors (Lipinski definition) is 2. The SMILES string of the molecule is O=C(O)c1c(Cl)cccc1Sc1ncn[nH]1. The lowest BCUT2D eigenvalue weighted by Crippen LogP contribution is -2.00. The van der Waals surface area contributed by atoms with E-state index in [0.29, 0.717) is 10.1 Å². The fraction of sp³-hybridized carbons (Fsp3) is 0. The Morgan fingerprint density at radius 3 is 2.94 bits per heavy atom. The van der Waals surface area contributed by atoms with Gasteiger partial charge in [0.1, 0.15) is 6.33 Å². The van der Waals surface area contributed by atoms with Crippen molar-refractivity contribution in [2.24, 2.45) is 0 Å². The Hall–Kier alpha value is -1.53. The third-order valence-corrected chi connectivity index (χ3v) is 3.05. The molecule has 0 aliphatic heterocycles. The third-order valence-electron chi connectivity index (χ3n) is 1.79. The first-order chi connectivity index (χ1) is 7.68. The molecule has 0 atom stereocenters. The summed E-state index contributed by atoms with van der Waals surface area (Å²) in [6.07, 6.45) is 1.35. The highest BCUT2D eigenvalue weighted by molar-refractivity contribution is 7.99. The Morgan fingerprint density at radius 1 is 1.50 bits per heavy atom. The number of benzene rings is 1. The molecule has 0 fully saturated rings. The van der Waals surface area contributed by atoms with E-state index in [0.717, 1.165) is 0 Å². The maximum atomic E-state index is 11.0. The topological polar surface area (TPSA) is 78.9 Å². The standard InChI is InChI=1S/C9H6ClN3O2S/c10-5-2-1-3-6(7(5)8(14)15)16-9-11-4-12-13-9/h1-4H,(H,14,15)(H,11,12,13). The van der Waals surface area contributed by atoms with Gasteiger partial charge in [0, 0.05) is 4.90 Å². The zero-order chi connectivity index (χ0) is 11.5. The Bertz CT molecular complexity index is 515. The number of rotatable bonds is 3. The van der Waals surface area contributed by atoms with Crippen LogP contribution >= 0.6 is 23.4 Å². The van der Waals surface area contributed by atoms with Gasteiger partial charge in [-0.2, -0.15) is 5.10 Å². The molecule has 0 unspecified atom stereocenters. The molecule has 1 heterocycles. The molecule has 0 spiro atoms. The van der Waals surface area contributed by atoms with Crippen LogP contribution in [0.3, 0.4) is 0 Å². The molecule has 0 amide bonds. The highest BCUT2D eigenvalue weighted by atomic mass is 35.5. The number of halogens is 1. The van der Waals surface area contributed by atoms with E-state index in [9.17, 15) is 4.79 Å². The summed E-state index contributed by atoms with van der Waals surface area (Å²) >= 11 is 6.99. The van der Waals surface area contributed by atoms with Crippen LogP contribution in [-0.2, 0) is 0 Å². The van der Waals surface area contributed by atoms with Crippen molar-refractivity contribution < 1.29 is 9.90 Å². The molecule has 82 valence electrons. The van der Waals surface area contributed by atoms with E-state index in [-0.39, 0.29) is 10.6 Å². The highest BCUT2D eigenvalue weighted by Gasteiger charge is 2.15. The molecule has 1 aromatic heterocycles. The quantitative estimate of drug-likeness (QED) is 0.880. The summed E-state index contributed by atoms with van der Waals surface area (Å²) in [5, 5.41) is 16.1. The van der Waals surface area contributed by atoms with Crippen LogP contribution in [-0.4, -0.2) is 26.3 Å². The number of H-pyrrole nitrogens is 1. The predicted molar refractivity (Wildman–Crippen MR) is 58.9 cm³/mol. The van der Waals surface area contributed by atoms with Gasteiger partial charge in [-0.15, -0.1) is 0 Å². The van der Waals surface area contributed by atoms with Gasteiger partial charge in [0.05, 0.1) is 10.6 Å². The monoisotopic (exact) mass is 255 g/mol. The van der Waals surface area contributed by atoms with E-state index in [4.69, 9.17) is 16.7 Å². The molecule has 1 aromatic carbocycles. The second-order valence-electron chi connectivity index (χ2n) is 2.81. The molecule has 0 aliphatic rings. The molecule has 0 saturated carbocycles. The molecular formula is C9H6ClN3O2S. The van der Waals surface area contributed by atoms with Crippen molar-refractivity contribution >= 4 is 29.3 Å². The van der Waals surface area contributed by atoms with E-state index in [2.05, 4.69) is 15.2 Å². The fourth-order valence-electron chi connectivity index (χ4n) is 1.14. The Labute approximate surface area is 99.9 Å². The number of nitrogens with one attached hydrogen (secondary N) is 1. The Kier molecular flexibility index (Phi) is 3.12. The molecule has 2 rings (SSSR count). The molecule has 16 heavy (non-hydrogen) atoms. The van der Waals surface area contributed by atoms with Gasteiger partial charge in [-0.1, -0.05) is 17.7 Å². The summed E-state index contributed by atoms with van der Waals surface area (Å²) in [5.41, 5.74) is 0.0746. The summed E-state index contributed by atoms with van der Waals surface area (Å²) < 4.78 is 0. The van der Waals surface area contributed by atoms with Gasteiger partial charge in [0.15, 0.2) is 5.16 Å². The molecule has 2 aromatic rings. The first kappa shape index (κ1) is 11.0. The highest BCUT2D eigenvalue weighted by Crippen LogP contribution is 2.31. The van der Waals surface area contributed by atoms with Gasteiger partial charge in [-0.3, -0.25) is 5.10 Å². The number of carboxylic acid groups (broad SMARTS) is 1. The Balaban J connectivity index is 2.40. The Morgan fingerprint density at radius 2 is 2.31 bits per heavy atom. The molecule has 0 bridgehead atoms. The minimum Gasteiger partial charge on any atom is -0.478 e. The van der Waals surface area contributed by atoms with Gasteiger partial charge in [0.25, 0.3) is 0 Å². The molecular weight excluding hydrogens is 250 g/mol. The van der Waals surface area contributed by atoms with Crippen LogP contribution in [0.5, 0.6) is 0 Å². The number of aromatic nitrogens is 3. The van der Waals surface area contributed by atoms with Crippen molar-refractivity contribution in [2.75, 3.05) is 0 Å².